The molecule has 0 aliphatic heterocycles. The summed E-state index contributed by atoms with van der Waals surface area (Å²) >= 11 is 10.3. The SMILES string of the molecule is O=C(O)c1cccc(-c2ccc(CS)cc2)c1Cl. The van der Waals surface area contributed by atoms with Crippen molar-refractivity contribution in [2.24, 2.45) is 0 Å². The summed E-state index contributed by atoms with van der Waals surface area (Å²) in [5.41, 5.74) is 2.84. The van der Waals surface area contributed by atoms with Crippen molar-refractivity contribution in [1.82, 2.24) is 0 Å². The summed E-state index contributed by atoms with van der Waals surface area (Å²) in [6, 6.07) is 12.7. The zero-order valence-corrected chi connectivity index (χ0v) is 11.1. The molecular weight excluding hydrogens is 268 g/mol. The van der Waals surface area contributed by atoms with Crippen molar-refractivity contribution in [2.75, 3.05) is 0 Å². The van der Waals surface area contributed by atoms with E-state index in [0.29, 0.717) is 5.75 Å². The monoisotopic (exact) mass is 278 g/mol. The van der Waals surface area contributed by atoms with Crippen LogP contribution in [0.3, 0.4) is 0 Å². The fourth-order valence-corrected chi connectivity index (χ4v) is 2.24. The fraction of sp³-hybridized carbons (Fsp3) is 0.0714. The zero-order chi connectivity index (χ0) is 13.1. The van der Waals surface area contributed by atoms with Gasteiger partial charge < -0.3 is 5.11 Å². The zero-order valence-electron chi connectivity index (χ0n) is 9.43. The molecule has 0 aliphatic carbocycles. The van der Waals surface area contributed by atoms with Crippen molar-refractivity contribution < 1.29 is 9.90 Å². The lowest BCUT2D eigenvalue weighted by Crippen LogP contribution is -1.98. The molecule has 0 fully saturated rings. The highest BCUT2D eigenvalue weighted by molar-refractivity contribution is 7.79. The standard InChI is InChI=1S/C14H11ClO2S/c15-13-11(2-1-3-12(13)14(16)17)10-6-4-9(8-18)5-7-10/h1-7,18H,8H2,(H,16,17). The lowest BCUT2D eigenvalue weighted by molar-refractivity contribution is 0.0697. The minimum Gasteiger partial charge on any atom is -0.478 e. The first-order valence-electron chi connectivity index (χ1n) is 5.35. The van der Waals surface area contributed by atoms with E-state index in [1.807, 2.05) is 30.3 Å². The number of aromatic carboxylic acids is 1. The van der Waals surface area contributed by atoms with Gasteiger partial charge >= 0.3 is 5.97 Å². The maximum absolute atomic E-state index is 11.0. The molecule has 0 atom stereocenters. The summed E-state index contributed by atoms with van der Waals surface area (Å²) in [6.45, 7) is 0. The molecule has 1 N–H and O–H groups in total. The highest BCUT2D eigenvalue weighted by Gasteiger charge is 2.12. The Hall–Kier alpha value is -1.45. The first-order valence-corrected chi connectivity index (χ1v) is 6.36. The van der Waals surface area contributed by atoms with Crippen molar-refractivity contribution in [1.29, 1.82) is 0 Å². The fourth-order valence-electron chi connectivity index (χ4n) is 1.71. The van der Waals surface area contributed by atoms with Crippen LogP contribution in [-0.4, -0.2) is 11.1 Å². The molecule has 2 rings (SSSR count). The Morgan fingerprint density at radius 3 is 2.39 bits per heavy atom. The van der Waals surface area contributed by atoms with Crippen LogP contribution in [0.25, 0.3) is 11.1 Å². The van der Waals surface area contributed by atoms with Gasteiger partial charge in [-0.1, -0.05) is 48.0 Å². The Kier molecular flexibility index (Phi) is 3.94. The Labute approximate surface area is 116 Å². The number of rotatable bonds is 3. The second-order valence-electron chi connectivity index (χ2n) is 3.83. The van der Waals surface area contributed by atoms with Crippen LogP contribution in [0.2, 0.25) is 5.02 Å². The molecule has 2 nitrogen and oxygen atoms in total. The molecule has 0 saturated carbocycles. The highest BCUT2D eigenvalue weighted by Crippen LogP contribution is 2.31. The van der Waals surface area contributed by atoms with Crippen molar-refractivity contribution in [3.05, 3.63) is 58.6 Å². The van der Waals surface area contributed by atoms with Crippen LogP contribution in [-0.2, 0) is 5.75 Å². The van der Waals surface area contributed by atoms with E-state index in [-0.39, 0.29) is 10.6 Å². The quantitative estimate of drug-likeness (QED) is 0.828. The highest BCUT2D eigenvalue weighted by atomic mass is 35.5. The van der Waals surface area contributed by atoms with Gasteiger partial charge in [-0.05, 0) is 17.2 Å². The Morgan fingerprint density at radius 1 is 1.17 bits per heavy atom. The molecule has 0 aromatic heterocycles. The summed E-state index contributed by atoms with van der Waals surface area (Å²) in [5.74, 6) is -0.350. The smallest absolute Gasteiger partial charge is 0.337 e. The Morgan fingerprint density at radius 2 is 1.83 bits per heavy atom. The summed E-state index contributed by atoms with van der Waals surface area (Å²) in [7, 11) is 0. The number of hydrogen-bond donors (Lipinski definition) is 2. The number of thiol groups is 1. The maximum atomic E-state index is 11.0. The second-order valence-corrected chi connectivity index (χ2v) is 4.52. The van der Waals surface area contributed by atoms with E-state index in [9.17, 15) is 4.79 Å². The molecule has 0 radical (unpaired) electrons. The number of hydrogen-bond acceptors (Lipinski definition) is 2. The van der Waals surface area contributed by atoms with Crippen LogP contribution in [0.15, 0.2) is 42.5 Å². The lowest BCUT2D eigenvalue weighted by atomic mass is 10.0. The van der Waals surface area contributed by atoms with Gasteiger partial charge in [0.2, 0.25) is 0 Å². The van der Waals surface area contributed by atoms with Gasteiger partial charge in [0.05, 0.1) is 10.6 Å². The van der Waals surface area contributed by atoms with E-state index in [1.54, 1.807) is 6.07 Å². The van der Waals surface area contributed by atoms with E-state index >= 15 is 0 Å². The average Bonchev–Trinajstić information content (AvgIpc) is 2.39. The van der Waals surface area contributed by atoms with Gasteiger partial charge in [-0.3, -0.25) is 0 Å². The first-order chi connectivity index (χ1) is 8.63. The summed E-state index contributed by atoms with van der Waals surface area (Å²) in [6.07, 6.45) is 0. The van der Waals surface area contributed by atoms with Crippen LogP contribution in [0.1, 0.15) is 15.9 Å². The predicted octanol–water partition coefficient (Wildman–Crippen LogP) is 4.14. The van der Waals surface area contributed by atoms with E-state index in [0.717, 1.165) is 16.7 Å². The number of benzene rings is 2. The molecule has 18 heavy (non-hydrogen) atoms. The van der Waals surface area contributed by atoms with E-state index in [4.69, 9.17) is 16.7 Å². The molecule has 0 heterocycles. The first kappa shape index (κ1) is 13.0. The molecule has 92 valence electrons. The molecule has 0 bridgehead atoms. The molecule has 0 spiro atoms. The van der Waals surface area contributed by atoms with Crippen LogP contribution in [0.5, 0.6) is 0 Å². The molecule has 4 heteroatoms. The number of carboxylic acid groups (broad SMARTS) is 1. The van der Waals surface area contributed by atoms with Crippen molar-refractivity contribution in [3.8, 4) is 11.1 Å². The van der Waals surface area contributed by atoms with E-state index in [1.165, 1.54) is 6.07 Å². The molecule has 0 amide bonds. The maximum Gasteiger partial charge on any atom is 0.337 e. The Bertz CT molecular complexity index is 579. The van der Waals surface area contributed by atoms with Crippen molar-refractivity contribution in [3.63, 3.8) is 0 Å². The van der Waals surface area contributed by atoms with Gasteiger partial charge in [-0.15, -0.1) is 0 Å². The largest absolute Gasteiger partial charge is 0.478 e. The van der Waals surface area contributed by atoms with Crippen molar-refractivity contribution in [2.45, 2.75) is 5.75 Å². The molecule has 0 unspecified atom stereocenters. The van der Waals surface area contributed by atoms with E-state index < -0.39 is 5.97 Å². The summed E-state index contributed by atoms with van der Waals surface area (Å²) in [4.78, 5) is 11.0. The minimum absolute atomic E-state index is 0.118. The predicted molar refractivity (Wildman–Crippen MR) is 76.5 cm³/mol. The number of halogens is 1. The van der Waals surface area contributed by atoms with Gasteiger partial charge in [-0.2, -0.15) is 12.6 Å². The number of carbonyl (C=O) groups is 1. The molecular formula is C14H11ClO2S. The molecule has 2 aromatic carbocycles. The second kappa shape index (κ2) is 5.46. The third-order valence-electron chi connectivity index (χ3n) is 2.68. The van der Waals surface area contributed by atoms with Gasteiger partial charge in [-0.25, -0.2) is 4.79 Å². The van der Waals surface area contributed by atoms with Gasteiger partial charge in [0.25, 0.3) is 0 Å². The number of carboxylic acids is 1. The molecule has 0 aliphatic rings. The van der Waals surface area contributed by atoms with Crippen LogP contribution in [0, 0.1) is 0 Å². The van der Waals surface area contributed by atoms with E-state index in [2.05, 4.69) is 12.6 Å². The van der Waals surface area contributed by atoms with Crippen LogP contribution in [0.4, 0.5) is 0 Å². The van der Waals surface area contributed by atoms with Crippen molar-refractivity contribution >= 4 is 30.2 Å². The van der Waals surface area contributed by atoms with Crippen LogP contribution >= 0.6 is 24.2 Å². The topological polar surface area (TPSA) is 37.3 Å². The van der Waals surface area contributed by atoms with Crippen LogP contribution < -0.4 is 0 Å². The average molecular weight is 279 g/mol. The normalized spacial score (nSPS) is 10.3. The summed E-state index contributed by atoms with van der Waals surface area (Å²) < 4.78 is 0. The molecule has 0 saturated heterocycles. The van der Waals surface area contributed by atoms with Gasteiger partial charge in [0.1, 0.15) is 0 Å². The minimum atomic E-state index is -1.02. The summed E-state index contributed by atoms with van der Waals surface area (Å²) in [5, 5.41) is 9.29. The third kappa shape index (κ3) is 2.52. The Balaban J connectivity index is 2.50. The molecule has 2 aromatic rings. The van der Waals surface area contributed by atoms with Gasteiger partial charge in [0.15, 0.2) is 0 Å². The lowest BCUT2D eigenvalue weighted by Gasteiger charge is -2.07. The third-order valence-corrected chi connectivity index (χ3v) is 3.45. The van der Waals surface area contributed by atoms with Gasteiger partial charge in [0, 0.05) is 11.3 Å².